The van der Waals surface area contributed by atoms with Gasteiger partial charge in [0.2, 0.25) is 0 Å². The molecule has 1 aromatic rings. The molecule has 1 atom stereocenters. The molecule has 16 heavy (non-hydrogen) atoms. The van der Waals surface area contributed by atoms with Crippen LogP contribution >= 0.6 is 0 Å². The molecule has 1 unspecified atom stereocenters. The first-order valence-corrected chi connectivity index (χ1v) is 6.09. The van der Waals surface area contributed by atoms with E-state index in [1.165, 1.54) is 0 Å². The third-order valence-electron chi connectivity index (χ3n) is 3.72. The summed E-state index contributed by atoms with van der Waals surface area (Å²) in [5.41, 5.74) is 1.56. The van der Waals surface area contributed by atoms with Gasteiger partial charge in [0, 0.05) is 12.5 Å². The Kier molecular flexibility index (Phi) is 3.31. The molecular weight excluding hydrogens is 200 g/mol. The minimum atomic E-state index is -0.596. The third kappa shape index (κ3) is 2.13. The summed E-state index contributed by atoms with van der Waals surface area (Å²) in [7, 11) is 0. The second-order valence-corrected chi connectivity index (χ2v) is 4.94. The molecule has 0 aliphatic heterocycles. The van der Waals surface area contributed by atoms with Crippen molar-refractivity contribution in [2.24, 2.45) is 0 Å². The summed E-state index contributed by atoms with van der Waals surface area (Å²) in [5, 5.41) is 19.5. The molecule has 0 aromatic heterocycles. The average molecular weight is 220 g/mol. The lowest BCUT2D eigenvalue weighted by atomic mass is 9.90. The van der Waals surface area contributed by atoms with Gasteiger partial charge in [-0.25, -0.2) is 0 Å². The smallest absolute Gasteiger partial charge is 0.0896 e. The van der Waals surface area contributed by atoms with E-state index in [0.29, 0.717) is 0 Å². The van der Waals surface area contributed by atoms with Crippen molar-refractivity contribution in [3.63, 3.8) is 0 Å². The zero-order valence-corrected chi connectivity index (χ0v) is 9.82. The van der Waals surface area contributed by atoms with Crippen molar-refractivity contribution in [1.29, 1.82) is 0 Å². The van der Waals surface area contributed by atoms with Gasteiger partial charge in [0.1, 0.15) is 0 Å². The van der Waals surface area contributed by atoms with Crippen LogP contribution < -0.4 is 0 Å². The summed E-state index contributed by atoms with van der Waals surface area (Å²) < 4.78 is 0. The number of aliphatic hydroxyl groups is 2. The lowest BCUT2D eigenvalue weighted by molar-refractivity contribution is 0.0444. The molecule has 0 bridgehead atoms. The molecular formula is C14H20O2. The van der Waals surface area contributed by atoms with E-state index in [9.17, 15) is 5.11 Å². The second-order valence-electron chi connectivity index (χ2n) is 4.94. The highest BCUT2D eigenvalue weighted by atomic mass is 16.3. The van der Waals surface area contributed by atoms with Crippen molar-refractivity contribution in [1.82, 2.24) is 0 Å². The largest absolute Gasteiger partial charge is 0.396 e. The Bertz CT molecular complexity index is 336. The van der Waals surface area contributed by atoms with Crippen LogP contribution in [-0.2, 0) is 5.60 Å². The normalized spacial score (nSPS) is 20.9. The zero-order valence-electron chi connectivity index (χ0n) is 9.82. The Morgan fingerprint density at radius 2 is 1.75 bits per heavy atom. The molecule has 1 saturated carbocycles. The fraction of sp³-hybridized carbons (Fsp3) is 0.571. The van der Waals surface area contributed by atoms with Gasteiger partial charge in [-0.2, -0.15) is 0 Å². The molecule has 88 valence electrons. The standard InChI is InChI=1S/C14H20O2/c1-11(10-15)12-4-6-13(7-5-12)14(16)8-2-3-9-14/h4-7,11,15-16H,2-3,8-10H2,1H3. The van der Waals surface area contributed by atoms with Gasteiger partial charge in [0.25, 0.3) is 0 Å². The first kappa shape index (κ1) is 11.6. The third-order valence-corrected chi connectivity index (χ3v) is 3.72. The molecule has 1 aliphatic rings. The summed E-state index contributed by atoms with van der Waals surface area (Å²) in [6.45, 7) is 2.17. The van der Waals surface area contributed by atoms with Crippen LogP contribution in [0.2, 0.25) is 0 Å². The number of hydrogen-bond acceptors (Lipinski definition) is 2. The predicted molar refractivity (Wildman–Crippen MR) is 64.3 cm³/mol. The van der Waals surface area contributed by atoms with Crippen LogP contribution in [0.1, 0.15) is 49.7 Å². The summed E-state index contributed by atoms with van der Waals surface area (Å²) >= 11 is 0. The summed E-state index contributed by atoms with van der Waals surface area (Å²) in [4.78, 5) is 0. The second kappa shape index (κ2) is 4.56. The Morgan fingerprint density at radius 1 is 1.19 bits per heavy atom. The summed E-state index contributed by atoms with van der Waals surface area (Å²) in [6.07, 6.45) is 3.99. The molecule has 0 spiro atoms. The number of benzene rings is 1. The van der Waals surface area contributed by atoms with Gasteiger partial charge in [-0.3, -0.25) is 0 Å². The Balaban J connectivity index is 2.18. The van der Waals surface area contributed by atoms with E-state index in [2.05, 4.69) is 0 Å². The van der Waals surface area contributed by atoms with Gasteiger partial charge in [-0.1, -0.05) is 44.0 Å². The average Bonchev–Trinajstić information content (AvgIpc) is 2.77. The van der Waals surface area contributed by atoms with Gasteiger partial charge < -0.3 is 10.2 Å². The highest BCUT2D eigenvalue weighted by Gasteiger charge is 2.32. The van der Waals surface area contributed by atoms with Crippen molar-refractivity contribution in [3.05, 3.63) is 35.4 Å². The predicted octanol–water partition coefficient (Wildman–Crippen LogP) is 2.54. The zero-order chi connectivity index (χ0) is 11.6. The first-order chi connectivity index (χ1) is 7.65. The van der Waals surface area contributed by atoms with Gasteiger partial charge in [-0.15, -0.1) is 0 Å². The first-order valence-electron chi connectivity index (χ1n) is 6.09. The molecule has 2 N–H and O–H groups in total. The highest BCUT2D eigenvalue weighted by molar-refractivity contribution is 5.29. The number of rotatable bonds is 3. The Hall–Kier alpha value is -0.860. The maximum absolute atomic E-state index is 10.4. The topological polar surface area (TPSA) is 40.5 Å². The molecule has 0 saturated heterocycles. The molecule has 2 heteroatoms. The molecule has 2 nitrogen and oxygen atoms in total. The number of hydrogen-bond donors (Lipinski definition) is 2. The van der Waals surface area contributed by atoms with E-state index in [4.69, 9.17) is 5.11 Å². The number of aliphatic hydroxyl groups excluding tert-OH is 1. The molecule has 1 aliphatic carbocycles. The van der Waals surface area contributed by atoms with Crippen molar-refractivity contribution in [2.45, 2.75) is 44.1 Å². The highest BCUT2D eigenvalue weighted by Crippen LogP contribution is 2.38. The van der Waals surface area contributed by atoms with Gasteiger partial charge >= 0.3 is 0 Å². The van der Waals surface area contributed by atoms with Crippen molar-refractivity contribution in [3.8, 4) is 0 Å². The van der Waals surface area contributed by atoms with E-state index < -0.39 is 5.60 Å². The molecule has 1 fully saturated rings. The van der Waals surface area contributed by atoms with Crippen LogP contribution in [-0.4, -0.2) is 16.8 Å². The molecule has 0 radical (unpaired) electrons. The quantitative estimate of drug-likeness (QED) is 0.821. The molecule has 2 rings (SSSR count). The van der Waals surface area contributed by atoms with E-state index in [1.54, 1.807) is 0 Å². The van der Waals surface area contributed by atoms with Crippen LogP contribution in [0.5, 0.6) is 0 Å². The minimum absolute atomic E-state index is 0.170. The van der Waals surface area contributed by atoms with Gasteiger partial charge in [-0.05, 0) is 24.0 Å². The van der Waals surface area contributed by atoms with E-state index in [0.717, 1.165) is 36.8 Å². The van der Waals surface area contributed by atoms with Crippen LogP contribution in [0.15, 0.2) is 24.3 Å². The van der Waals surface area contributed by atoms with Gasteiger partial charge in [0.15, 0.2) is 0 Å². The molecule has 0 amide bonds. The lowest BCUT2D eigenvalue weighted by Crippen LogP contribution is -2.20. The maximum Gasteiger partial charge on any atom is 0.0896 e. The van der Waals surface area contributed by atoms with Crippen LogP contribution in [0, 0.1) is 0 Å². The molecule has 1 aromatic carbocycles. The van der Waals surface area contributed by atoms with E-state index in [-0.39, 0.29) is 12.5 Å². The van der Waals surface area contributed by atoms with Gasteiger partial charge in [0.05, 0.1) is 5.60 Å². The minimum Gasteiger partial charge on any atom is -0.396 e. The SMILES string of the molecule is CC(CO)c1ccc(C2(O)CCCC2)cc1. The Labute approximate surface area is 96.9 Å². The van der Waals surface area contributed by atoms with Crippen molar-refractivity contribution < 1.29 is 10.2 Å². The van der Waals surface area contributed by atoms with E-state index >= 15 is 0 Å². The van der Waals surface area contributed by atoms with Crippen molar-refractivity contribution >= 4 is 0 Å². The van der Waals surface area contributed by atoms with Crippen LogP contribution in [0.4, 0.5) is 0 Å². The van der Waals surface area contributed by atoms with Crippen LogP contribution in [0.25, 0.3) is 0 Å². The van der Waals surface area contributed by atoms with Crippen LogP contribution in [0.3, 0.4) is 0 Å². The molecule has 0 heterocycles. The fourth-order valence-corrected chi connectivity index (χ4v) is 2.48. The Morgan fingerprint density at radius 3 is 2.25 bits per heavy atom. The van der Waals surface area contributed by atoms with Crippen molar-refractivity contribution in [2.75, 3.05) is 6.61 Å². The summed E-state index contributed by atoms with van der Waals surface area (Å²) in [5.74, 6) is 0.173. The monoisotopic (exact) mass is 220 g/mol. The summed E-state index contributed by atoms with van der Waals surface area (Å²) in [6, 6.07) is 8.05. The lowest BCUT2D eigenvalue weighted by Gasteiger charge is -2.23. The fourth-order valence-electron chi connectivity index (χ4n) is 2.48. The van der Waals surface area contributed by atoms with E-state index in [1.807, 2.05) is 31.2 Å². The maximum atomic E-state index is 10.4.